The number of rotatable bonds is 0. The predicted molar refractivity (Wildman–Crippen MR) is 59.9 cm³/mol. The Labute approximate surface area is 92.2 Å². The summed E-state index contributed by atoms with van der Waals surface area (Å²) in [6.07, 6.45) is -0.192. The average Bonchev–Trinajstić information content (AvgIpc) is 1.99. The van der Waals surface area contributed by atoms with E-state index in [4.69, 9.17) is 4.74 Å². The minimum absolute atomic E-state index is 0.192. The Hall–Kier alpha value is -0.770. The molecule has 4 nitrogen and oxygen atoms in total. The number of carbonyl (C=O) groups excluding carboxylic acids is 1. The van der Waals surface area contributed by atoms with Crippen molar-refractivity contribution in [3.8, 4) is 0 Å². The molecule has 15 heavy (non-hydrogen) atoms. The Morgan fingerprint density at radius 3 is 2.40 bits per heavy atom. The lowest BCUT2D eigenvalue weighted by atomic mass is 10.2. The van der Waals surface area contributed by atoms with Gasteiger partial charge in [0.15, 0.2) is 0 Å². The van der Waals surface area contributed by atoms with E-state index in [1.165, 1.54) is 0 Å². The van der Waals surface area contributed by atoms with Gasteiger partial charge >= 0.3 is 6.09 Å². The molecule has 0 saturated carbocycles. The van der Waals surface area contributed by atoms with Gasteiger partial charge in [0.05, 0.1) is 0 Å². The van der Waals surface area contributed by atoms with Crippen molar-refractivity contribution in [1.82, 2.24) is 9.80 Å². The molecule has 1 aliphatic heterocycles. The molecule has 0 aromatic rings. The summed E-state index contributed by atoms with van der Waals surface area (Å²) in [5.41, 5.74) is -0.403. The summed E-state index contributed by atoms with van der Waals surface area (Å²) in [4.78, 5) is 15.9. The average molecular weight is 214 g/mol. The highest BCUT2D eigenvalue weighted by Crippen LogP contribution is 2.14. The first kappa shape index (κ1) is 12.3. The van der Waals surface area contributed by atoms with E-state index in [1.54, 1.807) is 0 Å². The van der Waals surface area contributed by atoms with Crippen LogP contribution in [0, 0.1) is 0 Å². The quantitative estimate of drug-likeness (QED) is 0.613. The van der Waals surface area contributed by atoms with Gasteiger partial charge in [-0.05, 0) is 34.7 Å². The van der Waals surface area contributed by atoms with Crippen molar-refractivity contribution < 1.29 is 9.53 Å². The molecule has 1 fully saturated rings. The Balaban J connectivity index is 2.53. The topological polar surface area (TPSA) is 32.8 Å². The molecule has 1 aliphatic rings. The Kier molecular flexibility index (Phi) is 3.60. The Morgan fingerprint density at radius 1 is 1.33 bits per heavy atom. The van der Waals surface area contributed by atoms with Gasteiger partial charge in [-0.15, -0.1) is 0 Å². The van der Waals surface area contributed by atoms with Crippen LogP contribution >= 0.6 is 0 Å². The summed E-state index contributed by atoms with van der Waals surface area (Å²) in [5, 5.41) is 0. The van der Waals surface area contributed by atoms with Gasteiger partial charge in [0.2, 0.25) is 0 Å². The van der Waals surface area contributed by atoms with E-state index >= 15 is 0 Å². The molecule has 1 rings (SSSR count). The van der Waals surface area contributed by atoms with E-state index in [-0.39, 0.29) is 12.1 Å². The number of likely N-dealkylation sites (N-methyl/N-ethyl adjacent to an activating group) is 1. The SMILES string of the molecule is CC1CN(C)CCN1C(=O)OC(C)(C)C. The van der Waals surface area contributed by atoms with E-state index in [0.29, 0.717) is 0 Å². The zero-order valence-electron chi connectivity index (χ0n) is 10.4. The van der Waals surface area contributed by atoms with Gasteiger partial charge in [-0.25, -0.2) is 4.79 Å². The molecule has 0 spiro atoms. The highest BCUT2D eigenvalue weighted by Gasteiger charge is 2.29. The lowest BCUT2D eigenvalue weighted by molar-refractivity contribution is 0.00431. The fourth-order valence-corrected chi connectivity index (χ4v) is 1.73. The maximum absolute atomic E-state index is 11.8. The smallest absolute Gasteiger partial charge is 0.410 e. The summed E-state index contributed by atoms with van der Waals surface area (Å²) in [6, 6.07) is 0.235. The fraction of sp³-hybridized carbons (Fsp3) is 0.909. The van der Waals surface area contributed by atoms with Crippen LogP contribution < -0.4 is 0 Å². The molecule has 0 N–H and O–H groups in total. The van der Waals surface area contributed by atoms with Crippen LogP contribution in [0.25, 0.3) is 0 Å². The van der Waals surface area contributed by atoms with E-state index in [0.717, 1.165) is 19.6 Å². The third-order valence-electron chi connectivity index (χ3n) is 2.46. The molecule has 0 bridgehead atoms. The second-order valence-electron chi connectivity index (χ2n) is 5.29. The van der Waals surface area contributed by atoms with Crippen LogP contribution in [0.3, 0.4) is 0 Å². The van der Waals surface area contributed by atoms with Gasteiger partial charge in [-0.2, -0.15) is 0 Å². The minimum Gasteiger partial charge on any atom is -0.444 e. The Morgan fingerprint density at radius 2 is 1.93 bits per heavy atom. The monoisotopic (exact) mass is 214 g/mol. The number of carbonyl (C=O) groups is 1. The second kappa shape index (κ2) is 4.39. The molecule has 1 unspecified atom stereocenters. The molecule has 0 aromatic heterocycles. The zero-order chi connectivity index (χ0) is 11.6. The van der Waals surface area contributed by atoms with Crippen LogP contribution in [0.1, 0.15) is 27.7 Å². The number of nitrogens with zero attached hydrogens (tertiary/aromatic N) is 2. The molecule has 0 aromatic carbocycles. The van der Waals surface area contributed by atoms with Crippen LogP contribution in [-0.2, 0) is 4.74 Å². The van der Waals surface area contributed by atoms with E-state index in [2.05, 4.69) is 18.9 Å². The maximum atomic E-state index is 11.8. The summed E-state index contributed by atoms with van der Waals surface area (Å²) >= 11 is 0. The number of piperazine rings is 1. The van der Waals surface area contributed by atoms with Crippen molar-refractivity contribution >= 4 is 6.09 Å². The third kappa shape index (κ3) is 3.70. The molecule has 1 atom stereocenters. The van der Waals surface area contributed by atoms with Gasteiger partial charge in [0.1, 0.15) is 5.60 Å². The van der Waals surface area contributed by atoms with Gasteiger partial charge < -0.3 is 14.5 Å². The van der Waals surface area contributed by atoms with Gasteiger partial charge in [0, 0.05) is 25.7 Å². The first-order valence-corrected chi connectivity index (χ1v) is 5.48. The summed E-state index contributed by atoms with van der Waals surface area (Å²) in [5.74, 6) is 0. The zero-order valence-corrected chi connectivity index (χ0v) is 10.4. The molecule has 1 amide bonds. The third-order valence-corrected chi connectivity index (χ3v) is 2.46. The van der Waals surface area contributed by atoms with Crippen LogP contribution in [0.4, 0.5) is 4.79 Å². The van der Waals surface area contributed by atoms with Crippen molar-refractivity contribution in [2.45, 2.75) is 39.3 Å². The summed E-state index contributed by atoms with van der Waals surface area (Å²) in [7, 11) is 2.07. The van der Waals surface area contributed by atoms with Crippen LogP contribution in [-0.4, -0.2) is 54.2 Å². The second-order valence-corrected chi connectivity index (χ2v) is 5.29. The number of hydrogen-bond acceptors (Lipinski definition) is 3. The van der Waals surface area contributed by atoms with Crippen molar-refractivity contribution in [3.05, 3.63) is 0 Å². The predicted octanol–water partition coefficient (Wildman–Crippen LogP) is 1.56. The lowest BCUT2D eigenvalue weighted by Gasteiger charge is -2.38. The highest BCUT2D eigenvalue weighted by molar-refractivity contribution is 5.68. The lowest BCUT2D eigenvalue weighted by Crippen LogP contribution is -2.53. The minimum atomic E-state index is -0.403. The van der Waals surface area contributed by atoms with Crippen LogP contribution in [0.15, 0.2) is 0 Å². The van der Waals surface area contributed by atoms with Crippen LogP contribution in [0.5, 0.6) is 0 Å². The molecular formula is C11H22N2O2. The normalized spacial score (nSPS) is 24.1. The van der Waals surface area contributed by atoms with Crippen molar-refractivity contribution in [3.63, 3.8) is 0 Å². The Bertz CT molecular complexity index is 235. The van der Waals surface area contributed by atoms with Gasteiger partial charge in [0.25, 0.3) is 0 Å². The van der Waals surface area contributed by atoms with Gasteiger partial charge in [-0.3, -0.25) is 0 Å². The molecular weight excluding hydrogens is 192 g/mol. The largest absolute Gasteiger partial charge is 0.444 e. The van der Waals surface area contributed by atoms with Crippen LogP contribution in [0.2, 0.25) is 0 Å². The molecule has 0 radical (unpaired) electrons. The first-order valence-electron chi connectivity index (χ1n) is 5.48. The molecule has 1 heterocycles. The number of amides is 1. The van der Waals surface area contributed by atoms with Crippen molar-refractivity contribution in [2.75, 3.05) is 26.7 Å². The molecule has 88 valence electrons. The first-order chi connectivity index (χ1) is 6.79. The van der Waals surface area contributed by atoms with Crippen molar-refractivity contribution in [2.24, 2.45) is 0 Å². The summed E-state index contributed by atoms with van der Waals surface area (Å²) < 4.78 is 5.35. The highest BCUT2D eigenvalue weighted by atomic mass is 16.6. The van der Waals surface area contributed by atoms with Gasteiger partial charge in [-0.1, -0.05) is 0 Å². The van der Waals surface area contributed by atoms with E-state index < -0.39 is 5.60 Å². The number of hydrogen-bond donors (Lipinski definition) is 0. The number of ether oxygens (including phenoxy) is 1. The van der Waals surface area contributed by atoms with Crippen molar-refractivity contribution in [1.29, 1.82) is 0 Å². The van der Waals surface area contributed by atoms with E-state index in [9.17, 15) is 4.79 Å². The van der Waals surface area contributed by atoms with E-state index in [1.807, 2.05) is 25.7 Å². The molecule has 4 heteroatoms. The standard InChI is InChI=1S/C11H22N2O2/c1-9-8-12(5)6-7-13(9)10(14)15-11(2,3)4/h9H,6-8H2,1-5H3. The summed E-state index contributed by atoms with van der Waals surface area (Å²) in [6.45, 7) is 10.3. The molecule has 0 aliphatic carbocycles. The fourth-order valence-electron chi connectivity index (χ4n) is 1.73. The maximum Gasteiger partial charge on any atom is 0.410 e. The molecule has 1 saturated heterocycles.